The van der Waals surface area contributed by atoms with E-state index < -0.39 is 11.6 Å². The van der Waals surface area contributed by atoms with Gasteiger partial charge in [-0.05, 0) is 35.1 Å². The van der Waals surface area contributed by atoms with Crippen LogP contribution in [0.5, 0.6) is 0 Å². The molecule has 0 saturated carbocycles. The molecule has 128 valence electrons. The maximum atomic E-state index is 13.7. The van der Waals surface area contributed by atoms with Crippen molar-refractivity contribution in [1.82, 2.24) is 5.32 Å². The van der Waals surface area contributed by atoms with Gasteiger partial charge in [-0.2, -0.15) is 0 Å². The Morgan fingerprint density at radius 1 is 1.12 bits per heavy atom. The molecule has 3 nitrogen and oxygen atoms in total. The lowest BCUT2D eigenvalue weighted by Crippen LogP contribution is -2.26. The maximum absolute atomic E-state index is 13.7. The van der Waals surface area contributed by atoms with Gasteiger partial charge in [-0.15, -0.1) is 0 Å². The summed E-state index contributed by atoms with van der Waals surface area (Å²) in [6.45, 7) is 2.23. The third-order valence-electron chi connectivity index (χ3n) is 3.93. The number of hydrogen-bond donors (Lipinski definition) is 2. The summed E-state index contributed by atoms with van der Waals surface area (Å²) in [5.41, 5.74) is 2.24. The van der Waals surface area contributed by atoms with Crippen LogP contribution in [0, 0.1) is 11.6 Å². The normalized spacial score (nSPS) is 12.0. The van der Waals surface area contributed by atoms with Crippen LogP contribution >= 0.6 is 0 Å². The lowest BCUT2D eigenvalue weighted by atomic mass is 9.97. The van der Waals surface area contributed by atoms with Crippen LogP contribution in [-0.2, 0) is 17.8 Å². The van der Waals surface area contributed by atoms with Crippen molar-refractivity contribution in [2.75, 3.05) is 6.54 Å². The molecule has 0 spiro atoms. The smallest absolute Gasteiger partial charge is 0.220 e. The molecular formula is C19H21F2NO2. The second-order valence-corrected chi connectivity index (χ2v) is 5.85. The van der Waals surface area contributed by atoms with Gasteiger partial charge in [-0.1, -0.05) is 37.3 Å². The molecular weight excluding hydrogens is 312 g/mol. The lowest BCUT2D eigenvalue weighted by Gasteiger charge is -2.13. The first kappa shape index (κ1) is 18.1. The SMILES string of the molecule is CC(CC(=O)NCCc1ccc(CO)cc1)c1ccc(F)cc1F. The van der Waals surface area contributed by atoms with E-state index in [4.69, 9.17) is 5.11 Å². The molecule has 0 heterocycles. The summed E-state index contributed by atoms with van der Waals surface area (Å²) >= 11 is 0. The molecule has 2 rings (SSSR count). The van der Waals surface area contributed by atoms with Crippen LogP contribution in [0.25, 0.3) is 0 Å². The van der Waals surface area contributed by atoms with Crippen LogP contribution in [0.15, 0.2) is 42.5 Å². The van der Waals surface area contributed by atoms with E-state index in [9.17, 15) is 13.6 Å². The molecule has 0 bridgehead atoms. The van der Waals surface area contributed by atoms with E-state index in [-0.39, 0.29) is 24.9 Å². The van der Waals surface area contributed by atoms with E-state index in [0.29, 0.717) is 18.5 Å². The molecule has 0 aliphatic carbocycles. The first-order valence-electron chi connectivity index (χ1n) is 7.90. The highest BCUT2D eigenvalue weighted by molar-refractivity contribution is 5.76. The summed E-state index contributed by atoms with van der Waals surface area (Å²) in [4.78, 5) is 12.0. The third-order valence-corrected chi connectivity index (χ3v) is 3.93. The van der Waals surface area contributed by atoms with Crippen LogP contribution in [-0.4, -0.2) is 17.6 Å². The minimum Gasteiger partial charge on any atom is -0.392 e. The number of rotatable bonds is 7. The van der Waals surface area contributed by atoms with E-state index in [1.165, 1.54) is 12.1 Å². The fourth-order valence-electron chi connectivity index (χ4n) is 2.52. The summed E-state index contributed by atoms with van der Waals surface area (Å²) in [6, 6.07) is 10.9. The zero-order chi connectivity index (χ0) is 17.5. The van der Waals surface area contributed by atoms with Crippen molar-refractivity contribution < 1.29 is 18.7 Å². The molecule has 2 aromatic rings. The molecule has 2 N–H and O–H groups in total. The van der Waals surface area contributed by atoms with Crippen molar-refractivity contribution in [2.45, 2.75) is 32.3 Å². The lowest BCUT2D eigenvalue weighted by molar-refractivity contribution is -0.121. The van der Waals surface area contributed by atoms with Crippen molar-refractivity contribution in [3.8, 4) is 0 Å². The second-order valence-electron chi connectivity index (χ2n) is 5.85. The molecule has 0 aromatic heterocycles. The summed E-state index contributed by atoms with van der Waals surface area (Å²) < 4.78 is 26.6. The van der Waals surface area contributed by atoms with E-state index in [2.05, 4.69) is 5.32 Å². The van der Waals surface area contributed by atoms with Gasteiger partial charge in [0.05, 0.1) is 6.61 Å². The average molecular weight is 333 g/mol. The standard InChI is InChI=1S/C19H21F2NO2/c1-13(17-7-6-16(20)11-18(17)21)10-19(24)22-9-8-14-2-4-15(12-23)5-3-14/h2-7,11,13,23H,8-10,12H2,1H3,(H,22,24). The predicted octanol–water partition coefficient (Wildman–Crippen LogP) is 3.31. The number of halogens is 2. The van der Waals surface area contributed by atoms with Gasteiger partial charge in [0.1, 0.15) is 11.6 Å². The Labute approximate surface area is 140 Å². The number of nitrogens with one attached hydrogen (secondary N) is 1. The minimum atomic E-state index is -0.626. The molecule has 2 aromatic carbocycles. The van der Waals surface area contributed by atoms with Crippen molar-refractivity contribution in [1.29, 1.82) is 0 Å². The molecule has 0 radical (unpaired) electrons. The van der Waals surface area contributed by atoms with Gasteiger partial charge in [0.25, 0.3) is 0 Å². The van der Waals surface area contributed by atoms with E-state index in [1.807, 2.05) is 24.3 Å². The van der Waals surface area contributed by atoms with Gasteiger partial charge < -0.3 is 10.4 Å². The number of carbonyl (C=O) groups is 1. The molecule has 5 heteroatoms. The molecule has 1 amide bonds. The van der Waals surface area contributed by atoms with Crippen LogP contribution in [0.1, 0.15) is 36.0 Å². The van der Waals surface area contributed by atoms with Crippen LogP contribution < -0.4 is 5.32 Å². The highest BCUT2D eigenvalue weighted by atomic mass is 19.1. The number of carbonyl (C=O) groups excluding carboxylic acids is 1. The van der Waals surface area contributed by atoms with Crippen molar-refractivity contribution >= 4 is 5.91 Å². The topological polar surface area (TPSA) is 49.3 Å². The molecule has 0 fully saturated rings. The fourth-order valence-corrected chi connectivity index (χ4v) is 2.52. The Kier molecular flexibility index (Phi) is 6.44. The molecule has 0 saturated heterocycles. The quantitative estimate of drug-likeness (QED) is 0.817. The summed E-state index contributed by atoms with van der Waals surface area (Å²) in [6.07, 6.45) is 0.822. The van der Waals surface area contributed by atoms with Gasteiger partial charge in [0.2, 0.25) is 5.91 Å². The summed E-state index contributed by atoms with van der Waals surface area (Å²) in [5, 5.41) is 11.8. The monoisotopic (exact) mass is 333 g/mol. The molecule has 1 unspecified atom stereocenters. The minimum absolute atomic E-state index is 0.00878. The van der Waals surface area contributed by atoms with Gasteiger partial charge in [0.15, 0.2) is 0 Å². The Hall–Kier alpha value is -2.27. The first-order valence-corrected chi connectivity index (χ1v) is 7.90. The van der Waals surface area contributed by atoms with Crippen molar-refractivity contribution in [3.63, 3.8) is 0 Å². The predicted molar refractivity (Wildman–Crippen MR) is 88.5 cm³/mol. The van der Waals surface area contributed by atoms with Crippen LogP contribution in [0.3, 0.4) is 0 Å². The zero-order valence-corrected chi connectivity index (χ0v) is 13.6. The third kappa shape index (κ3) is 5.13. The Morgan fingerprint density at radius 2 is 1.79 bits per heavy atom. The average Bonchev–Trinajstić information content (AvgIpc) is 2.55. The van der Waals surface area contributed by atoms with E-state index >= 15 is 0 Å². The fraction of sp³-hybridized carbons (Fsp3) is 0.316. The molecule has 24 heavy (non-hydrogen) atoms. The maximum Gasteiger partial charge on any atom is 0.220 e. The van der Waals surface area contributed by atoms with Gasteiger partial charge in [-0.25, -0.2) is 8.78 Å². The zero-order valence-electron chi connectivity index (χ0n) is 13.6. The van der Waals surface area contributed by atoms with Crippen LogP contribution in [0.4, 0.5) is 8.78 Å². The number of amides is 1. The Balaban J connectivity index is 1.79. The highest BCUT2D eigenvalue weighted by Gasteiger charge is 2.15. The first-order chi connectivity index (χ1) is 11.5. The number of aliphatic hydroxyl groups excluding tert-OH is 1. The molecule has 0 aliphatic rings. The van der Waals surface area contributed by atoms with Crippen molar-refractivity contribution in [2.24, 2.45) is 0 Å². The van der Waals surface area contributed by atoms with Gasteiger partial charge >= 0.3 is 0 Å². The van der Waals surface area contributed by atoms with Crippen molar-refractivity contribution in [3.05, 3.63) is 70.8 Å². The highest BCUT2D eigenvalue weighted by Crippen LogP contribution is 2.22. The molecule has 1 atom stereocenters. The summed E-state index contributed by atoms with van der Waals surface area (Å²) in [7, 11) is 0. The van der Waals surface area contributed by atoms with E-state index in [0.717, 1.165) is 17.2 Å². The van der Waals surface area contributed by atoms with Gasteiger partial charge in [0, 0.05) is 19.0 Å². The largest absolute Gasteiger partial charge is 0.392 e. The van der Waals surface area contributed by atoms with E-state index in [1.54, 1.807) is 6.92 Å². The Morgan fingerprint density at radius 3 is 2.42 bits per heavy atom. The number of hydrogen-bond acceptors (Lipinski definition) is 2. The summed E-state index contributed by atoms with van der Waals surface area (Å²) in [5.74, 6) is -1.74. The Bertz CT molecular complexity index is 686. The van der Waals surface area contributed by atoms with Gasteiger partial charge in [-0.3, -0.25) is 4.79 Å². The molecule has 0 aliphatic heterocycles. The number of benzene rings is 2. The second kappa shape index (κ2) is 8.55. The van der Waals surface area contributed by atoms with Crippen LogP contribution in [0.2, 0.25) is 0 Å². The number of aliphatic hydroxyl groups is 1.